The van der Waals surface area contributed by atoms with Crippen LogP contribution in [-0.4, -0.2) is 48.6 Å². The first-order valence-electron chi connectivity index (χ1n) is 5.64. The van der Waals surface area contributed by atoms with E-state index >= 15 is 0 Å². The van der Waals surface area contributed by atoms with E-state index < -0.39 is 0 Å². The number of ether oxygens (including phenoxy) is 2. The summed E-state index contributed by atoms with van der Waals surface area (Å²) in [5, 5.41) is 0. The molecule has 1 aliphatic heterocycles. The third kappa shape index (κ3) is 2.85. The molecule has 2 atom stereocenters. The molecule has 0 saturated carbocycles. The van der Waals surface area contributed by atoms with Crippen LogP contribution in [0.3, 0.4) is 0 Å². The van der Waals surface area contributed by atoms with Crippen molar-refractivity contribution in [3.63, 3.8) is 0 Å². The first kappa shape index (κ1) is 13.4. The molecule has 2 heterocycles. The number of rotatable bonds is 4. The number of anilines is 1. The van der Waals surface area contributed by atoms with Crippen molar-refractivity contribution in [3.8, 4) is 0 Å². The van der Waals surface area contributed by atoms with Gasteiger partial charge in [0.1, 0.15) is 17.5 Å². The molecule has 0 amide bonds. The summed E-state index contributed by atoms with van der Waals surface area (Å²) in [5.41, 5.74) is -0.301. The van der Waals surface area contributed by atoms with E-state index in [2.05, 4.69) is 4.98 Å². The summed E-state index contributed by atoms with van der Waals surface area (Å²) < 4.78 is 12.3. The van der Waals surface area contributed by atoms with Crippen molar-refractivity contribution in [1.82, 2.24) is 9.55 Å². The van der Waals surface area contributed by atoms with Crippen LogP contribution in [0.2, 0.25) is 0 Å². The van der Waals surface area contributed by atoms with Crippen molar-refractivity contribution < 1.29 is 9.47 Å². The number of aromatic nitrogens is 2. The van der Waals surface area contributed by atoms with Crippen LogP contribution >= 0.6 is 11.8 Å². The zero-order valence-electron chi connectivity index (χ0n) is 10.7. The second-order valence-corrected chi connectivity index (χ2v) is 5.37. The molecule has 0 aliphatic carbocycles. The first-order valence-corrected chi connectivity index (χ1v) is 6.69. The second-order valence-electron chi connectivity index (χ2n) is 4.18. The summed E-state index contributed by atoms with van der Waals surface area (Å²) in [7, 11) is 5.34. The molecule has 2 rings (SSSR count). The summed E-state index contributed by atoms with van der Waals surface area (Å²) in [4.78, 5) is 17.7. The molecule has 100 valence electrons. The highest BCUT2D eigenvalue weighted by atomic mass is 32.2. The Labute approximate surface area is 110 Å². The smallest absolute Gasteiger partial charge is 0.351 e. The average molecular weight is 271 g/mol. The number of hydrogen-bond donors (Lipinski definition) is 0. The van der Waals surface area contributed by atoms with E-state index in [0.717, 1.165) is 5.75 Å². The number of thioether (sulfide) groups is 1. The van der Waals surface area contributed by atoms with Gasteiger partial charge in [-0.3, -0.25) is 4.57 Å². The Morgan fingerprint density at radius 1 is 1.67 bits per heavy atom. The van der Waals surface area contributed by atoms with Crippen LogP contribution in [0.1, 0.15) is 6.23 Å². The molecule has 0 N–H and O–H groups in total. The molecule has 6 nitrogen and oxygen atoms in total. The number of nitrogens with zero attached hydrogens (tertiary/aromatic N) is 3. The van der Waals surface area contributed by atoms with Crippen LogP contribution in [0.5, 0.6) is 0 Å². The third-order valence-electron chi connectivity index (χ3n) is 2.62. The minimum absolute atomic E-state index is 0.0135. The molecule has 18 heavy (non-hydrogen) atoms. The third-order valence-corrected chi connectivity index (χ3v) is 3.72. The molecule has 0 radical (unpaired) electrons. The van der Waals surface area contributed by atoms with Gasteiger partial charge in [-0.1, -0.05) is 0 Å². The molecular weight excluding hydrogens is 254 g/mol. The van der Waals surface area contributed by atoms with Gasteiger partial charge in [-0.05, 0) is 6.07 Å². The van der Waals surface area contributed by atoms with Crippen LogP contribution in [0.15, 0.2) is 17.1 Å². The lowest BCUT2D eigenvalue weighted by Gasteiger charge is -2.16. The lowest BCUT2D eigenvalue weighted by atomic mass is 10.5. The molecule has 1 aromatic heterocycles. The van der Waals surface area contributed by atoms with Gasteiger partial charge in [0, 0.05) is 33.2 Å². The SMILES string of the molecule is COC[C@H]1O[C@@H](n2ccc(N(C)C)nc2=O)CS1. The molecule has 0 spiro atoms. The average Bonchev–Trinajstić information content (AvgIpc) is 2.77. The summed E-state index contributed by atoms with van der Waals surface area (Å²) in [6, 6.07) is 1.80. The fourth-order valence-electron chi connectivity index (χ4n) is 1.68. The van der Waals surface area contributed by atoms with E-state index in [4.69, 9.17) is 9.47 Å². The summed E-state index contributed by atoms with van der Waals surface area (Å²) in [6.45, 7) is 0.527. The van der Waals surface area contributed by atoms with E-state index in [0.29, 0.717) is 12.4 Å². The minimum Gasteiger partial charge on any atom is -0.381 e. The molecule has 0 aromatic carbocycles. The van der Waals surface area contributed by atoms with E-state index in [-0.39, 0.29) is 17.4 Å². The Balaban J connectivity index is 2.13. The quantitative estimate of drug-likeness (QED) is 0.797. The summed E-state index contributed by atoms with van der Waals surface area (Å²) in [5.74, 6) is 1.38. The maximum atomic E-state index is 11.9. The lowest BCUT2D eigenvalue weighted by Crippen LogP contribution is -2.30. The number of hydrogen-bond acceptors (Lipinski definition) is 6. The monoisotopic (exact) mass is 271 g/mol. The van der Waals surface area contributed by atoms with Crippen LogP contribution in [-0.2, 0) is 9.47 Å². The lowest BCUT2D eigenvalue weighted by molar-refractivity contribution is -0.0152. The minimum atomic E-state index is -0.287. The maximum Gasteiger partial charge on any atom is 0.351 e. The summed E-state index contributed by atoms with van der Waals surface area (Å²) in [6.07, 6.45) is 1.47. The Morgan fingerprint density at radius 3 is 3.06 bits per heavy atom. The Hall–Kier alpha value is -1.05. The van der Waals surface area contributed by atoms with Gasteiger partial charge in [0.2, 0.25) is 0 Å². The molecule has 1 saturated heterocycles. The fraction of sp³-hybridized carbons (Fsp3) is 0.636. The van der Waals surface area contributed by atoms with E-state index in [1.807, 2.05) is 14.1 Å². The molecule has 0 unspecified atom stereocenters. The van der Waals surface area contributed by atoms with Crippen molar-refractivity contribution in [2.24, 2.45) is 0 Å². The fourth-order valence-corrected chi connectivity index (χ4v) is 2.74. The van der Waals surface area contributed by atoms with Gasteiger partial charge in [0.25, 0.3) is 0 Å². The van der Waals surface area contributed by atoms with Crippen molar-refractivity contribution in [3.05, 3.63) is 22.7 Å². The van der Waals surface area contributed by atoms with Crippen LogP contribution in [0.25, 0.3) is 0 Å². The van der Waals surface area contributed by atoms with Crippen molar-refractivity contribution in [2.75, 3.05) is 38.5 Å². The van der Waals surface area contributed by atoms with E-state index in [9.17, 15) is 4.79 Å². The van der Waals surface area contributed by atoms with Gasteiger partial charge in [-0.15, -0.1) is 11.8 Å². The molecule has 1 fully saturated rings. The Kier molecular flexibility index (Phi) is 4.26. The highest BCUT2D eigenvalue weighted by Gasteiger charge is 2.27. The second kappa shape index (κ2) is 5.73. The first-order chi connectivity index (χ1) is 8.61. The van der Waals surface area contributed by atoms with Crippen molar-refractivity contribution in [2.45, 2.75) is 11.7 Å². The van der Waals surface area contributed by atoms with Crippen LogP contribution in [0, 0.1) is 0 Å². The molecule has 1 aromatic rings. The topological polar surface area (TPSA) is 56.6 Å². The van der Waals surface area contributed by atoms with Crippen LogP contribution in [0.4, 0.5) is 5.82 Å². The highest BCUT2D eigenvalue weighted by Crippen LogP contribution is 2.30. The Bertz CT molecular complexity index is 463. The van der Waals surface area contributed by atoms with Crippen molar-refractivity contribution in [1.29, 1.82) is 0 Å². The zero-order chi connectivity index (χ0) is 13.1. The standard InChI is InChI=1S/C11H17N3O3S/c1-13(2)8-4-5-14(11(15)12-8)9-7-18-10(17-9)6-16-3/h4-5,9-10H,6-7H2,1-3H3/t9-,10+/m1/s1. The predicted molar refractivity (Wildman–Crippen MR) is 71.1 cm³/mol. The zero-order valence-corrected chi connectivity index (χ0v) is 11.5. The van der Waals surface area contributed by atoms with Gasteiger partial charge in [-0.2, -0.15) is 4.98 Å². The van der Waals surface area contributed by atoms with Gasteiger partial charge < -0.3 is 14.4 Å². The van der Waals surface area contributed by atoms with E-state index in [1.165, 1.54) is 4.57 Å². The van der Waals surface area contributed by atoms with Gasteiger partial charge in [0.15, 0.2) is 0 Å². The van der Waals surface area contributed by atoms with Gasteiger partial charge in [-0.25, -0.2) is 4.79 Å². The van der Waals surface area contributed by atoms with Gasteiger partial charge >= 0.3 is 5.69 Å². The molecular formula is C11H17N3O3S. The van der Waals surface area contributed by atoms with E-state index in [1.54, 1.807) is 36.0 Å². The molecule has 7 heteroatoms. The molecule has 0 bridgehead atoms. The maximum absolute atomic E-state index is 11.9. The molecule has 1 aliphatic rings. The van der Waals surface area contributed by atoms with Crippen molar-refractivity contribution >= 4 is 17.6 Å². The van der Waals surface area contributed by atoms with Gasteiger partial charge in [0.05, 0.1) is 6.61 Å². The summed E-state index contributed by atoms with van der Waals surface area (Å²) >= 11 is 1.64. The number of methoxy groups -OCH3 is 1. The predicted octanol–water partition coefficient (Wildman–Crippen LogP) is 0.544. The normalized spacial score (nSPS) is 23.3. The van der Waals surface area contributed by atoms with Crippen LogP contribution < -0.4 is 10.6 Å². The largest absolute Gasteiger partial charge is 0.381 e. The highest BCUT2D eigenvalue weighted by molar-refractivity contribution is 8.00. The Morgan fingerprint density at radius 2 is 2.44 bits per heavy atom.